The van der Waals surface area contributed by atoms with Crippen LogP contribution in [-0.2, 0) is 6.42 Å². The van der Waals surface area contributed by atoms with Gasteiger partial charge in [-0.05, 0) is 54.7 Å². The van der Waals surface area contributed by atoms with Gasteiger partial charge in [-0.15, -0.1) is 0 Å². The highest BCUT2D eigenvalue weighted by molar-refractivity contribution is 5.94. The second-order valence-electron chi connectivity index (χ2n) is 5.39. The van der Waals surface area contributed by atoms with E-state index in [0.717, 1.165) is 30.8 Å². The molecule has 1 aliphatic rings. The van der Waals surface area contributed by atoms with Crippen LogP contribution in [0.3, 0.4) is 0 Å². The van der Waals surface area contributed by atoms with Gasteiger partial charge in [0.1, 0.15) is 11.4 Å². The van der Waals surface area contributed by atoms with E-state index < -0.39 is 0 Å². The van der Waals surface area contributed by atoms with Gasteiger partial charge in [-0.2, -0.15) is 0 Å². The zero-order valence-electron chi connectivity index (χ0n) is 11.4. The first-order chi connectivity index (χ1) is 9.81. The first-order valence-electron chi connectivity index (χ1n) is 7.01. The maximum Gasteiger partial charge on any atom is 0.137 e. The largest absolute Gasteiger partial charge is 0.493 e. The Kier molecular flexibility index (Phi) is 2.52. The third-order valence-corrected chi connectivity index (χ3v) is 3.89. The third-order valence-electron chi connectivity index (χ3n) is 3.89. The van der Waals surface area contributed by atoms with Crippen LogP contribution in [0.25, 0.3) is 22.2 Å². The molecule has 3 aromatic rings. The lowest BCUT2D eigenvalue weighted by Gasteiger charge is -2.17. The summed E-state index contributed by atoms with van der Waals surface area (Å²) in [5.74, 6) is 1.04. The minimum Gasteiger partial charge on any atom is -0.493 e. The number of rotatable bonds is 1. The van der Waals surface area contributed by atoms with Crippen LogP contribution in [0.5, 0.6) is 5.75 Å². The Morgan fingerprint density at radius 3 is 3.15 bits per heavy atom. The van der Waals surface area contributed by atoms with Crippen molar-refractivity contribution in [2.75, 3.05) is 6.61 Å². The lowest BCUT2D eigenvalue weighted by Crippen LogP contribution is -2.07. The topological polar surface area (TPSA) is 37.9 Å². The first-order valence-corrected chi connectivity index (χ1v) is 7.01. The number of hydrogen-bond acceptors (Lipinski definition) is 2. The number of nitrogens with zero attached hydrogens (tertiary/aromatic N) is 1. The highest BCUT2D eigenvalue weighted by Crippen LogP contribution is 2.33. The summed E-state index contributed by atoms with van der Waals surface area (Å²) in [5, 5.41) is 1.18. The van der Waals surface area contributed by atoms with E-state index in [9.17, 15) is 0 Å². The zero-order chi connectivity index (χ0) is 13.5. The molecule has 0 fully saturated rings. The fraction of sp³-hybridized carbons (Fsp3) is 0.235. The number of benzene rings is 1. The Hall–Kier alpha value is -2.29. The third kappa shape index (κ3) is 1.78. The summed E-state index contributed by atoms with van der Waals surface area (Å²) in [4.78, 5) is 7.69. The van der Waals surface area contributed by atoms with Crippen LogP contribution in [0.1, 0.15) is 17.5 Å². The summed E-state index contributed by atoms with van der Waals surface area (Å²) < 4.78 is 5.68. The van der Waals surface area contributed by atoms with E-state index in [1.165, 1.54) is 27.6 Å². The van der Waals surface area contributed by atoms with Gasteiger partial charge in [0.05, 0.1) is 6.61 Å². The smallest absolute Gasteiger partial charge is 0.137 e. The molecule has 0 amide bonds. The molecule has 0 saturated carbocycles. The van der Waals surface area contributed by atoms with Gasteiger partial charge in [-0.1, -0.05) is 6.07 Å². The summed E-state index contributed by atoms with van der Waals surface area (Å²) >= 11 is 0. The van der Waals surface area contributed by atoms with Gasteiger partial charge in [0.25, 0.3) is 0 Å². The second-order valence-corrected chi connectivity index (χ2v) is 5.39. The van der Waals surface area contributed by atoms with Crippen molar-refractivity contribution in [1.82, 2.24) is 9.97 Å². The summed E-state index contributed by atoms with van der Waals surface area (Å²) in [6, 6.07) is 8.66. The van der Waals surface area contributed by atoms with Crippen LogP contribution in [0.2, 0.25) is 0 Å². The lowest BCUT2D eigenvalue weighted by molar-refractivity contribution is 0.288. The molecule has 1 aromatic carbocycles. The summed E-state index contributed by atoms with van der Waals surface area (Å²) in [6.45, 7) is 2.91. The molecule has 100 valence electrons. The van der Waals surface area contributed by atoms with Crippen LogP contribution in [0.15, 0.2) is 36.7 Å². The SMILES string of the molecule is Cc1cnc2[nH]cc(-c3ccc4c(c3)CCCO4)c2c1. The molecule has 0 spiro atoms. The van der Waals surface area contributed by atoms with Crippen molar-refractivity contribution in [3.63, 3.8) is 0 Å². The van der Waals surface area contributed by atoms with Crippen LogP contribution in [-0.4, -0.2) is 16.6 Å². The fourth-order valence-corrected chi connectivity index (χ4v) is 2.87. The first kappa shape index (κ1) is 11.5. The fourth-order valence-electron chi connectivity index (χ4n) is 2.87. The number of nitrogens with one attached hydrogen (secondary N) is 1. The van der Waals surface area contributed by atoms with Crippen molar-refractivity contribution < 1.29 is 4.74 Å². The minimum atomic E-state index is 0.836. The maximum absolute atomic E-state index is 5.68. The molecule has 4 rings (SSSR count). The van der Waals surface area contributed by atoms with Gasteiger partial charge in [-0.25, -0.2) is 4.98 Å². The number of aromatic nitrogens is 2. The van der Waals surface area contributed by atoms with E-state index >= 15 is 0 Å². The number of pyridine rings is 1. The van der Waals surface area contributed by atoms with Crippen LogP contribution in [0, 0.1) is 6.92 Å². The molecule has 1 aliphatic heterocycles. The van der Waals surface area contributed by atoms with Crippen LogP contribution < -0.4 is 4.74 Å². The van der Waals surface area contributed by atoms with Gasteiger partial charge in [0.15, 0.2) is 0 Å². The molecule has 0 bridgehead atoms. The molecule has 0 radical (unpaired) electrons. The minimum absolute atomic E-state index is 0.836. The van der Waals surface area contributed by atoms with Crippen molar-refractivity contribution in [3.05, 3.63) is 47.8 Å². The van der Waals surface area contributed by atoms with Crippen molar-refractivity contribution in [3.8, 4) is 16.9 Å². The Bertz CT molecular complexity index is 789. The second kappa shape index (κ2) is 4.37. The molecule has 3 heterocycles. The van der Waals surface area contributed by atoms with E-state index in [-0.39, 0.29) is 0 Å². The monoisotopic (exact) mass is 264 g/mol. The molecular formula is C17H16N2O. The normalized spacial score (nSPS) is 14.1. The van der Waals surface area contributed by atoms with E-state index in [1.54, 1.807) is 0 Å². The van der Waals surface area contributed by atoms with E-state index in [2.05, 4.69) is 41.2 Å². The zero-order valence-corrected chi connectivity index (χ0v) is 11.4. The molecule has 1 N–H and O–H groups in total. The van der Waals surface area contributed by atoms with Crippen LogP contribution >= 0.6 is 0 Å². The van der Waals surface area contributed by atoms with Crippen molar-refractivity contribution in [2.24, 2.45) is 0 Å². The van der Waals surface area contributed by atoms with Crippen LogP contribution in [0.4, 0.5) is 0 Å². The molecule has 0 unspecified atom stereocenters. The van der Waals surface area contributed by atoms with Gasteiger partial charge >= 0.3 is 0 Å². The lowest BCUT2D eigenvalue weighted by atomic mass is 9.99. The number of aryl methyl sites for hydroxylation is 2. The quantitative estimate of drug-likeness (QED) is 0.724. The standard InChI is InChI=1S/C17H16N2O/c1-11-7-14-15(10-19-17(14)18-9-11)12-4-5-16-13(8-12)3-2-6-20-16/h4-5,7-10H,2-3,6H2,1H3,(H,18,19). The Morgan fingerprint density at radius 1 is 1.25 bits per heavy atom. The van der Waals surface area contributed by atoms with Gasteiger partial charge in [0, 0.05) is 23.3 Å². The molecule has 20 heavy (non-hydrogen) atoms. The van der Waals surface area contributed by atoms with E-state index in [0.29, 0.717) is 0 Å². The average Bonchev–Trinajstić information content (AvgIpc) is 2.89. The number of ether oxygens (including phenoxy) is 1. The van der Waals surface area contributed by atoms with Gasteiger partial charge in [-0.3, -0.25) is 0 Å². The molecule has 0 atom stereocenters. The highest BCUT2D eigenvalue weighted by Gasteiger charge is 2.13. The summed E-state index contributed by atoms with van der Waals surface area (Å²) in [5.41, 5.74) is 5.88. The predicted octanol–water partition coefficient (Wildman–Crippen LogP) is 3.86. The number of fused-ring (bicyclic) bond motifs is 2. The molecule has 3 heteroatoms. The summed E-state index contributed by atoms with van der Waals surface area (Å²) in [6.07, 6.45) is 6.14. The highest BCUT2D eigenvalue weighted by atomic mass is 16.5. The Labute approximate surface area is 117 Å². The molecule has 3 nitrogen and oxygen atoms in total. The van der Waals surface area contributed by atoms with E-state index in [1.807, 2.05) is 12.4 Å². The van der Waals surface area contributed by atoms with Crippen molar-refractivity contribution >= 4 is 11.0 Å². The number of aromatic amines is 1. The van der Waals surface area contributed by atoms with E-state index in [4.69, 9.17) is 4.74 Å². The summed E-state index contributed by atoms with van der Waals surface area (Å²) in [7, 11) is 0. The predicted molar refractivity (Wildman–Crippen MR) is 80.1 cm³/mol. The molecule has 2 aromatic heterocycles. The molecular weight excluding hydrogens is 248 g/mol. The molecule has 0 aliphatic carbocycles. The Balaban J connectivity index is 1.88. The van der Waals surface area contributed by atoms with Crippen molar-refractivity contribution in [1.29, 1.82) is 0 Å². The van der Waals surface area contributed by atoms with Gasteiger partial charge < -0.3 is 9.72 Å². The van der Waals surface area contributed by atoms with Gasteiger partial charge in [0.2, 0.25) is 0 Å². The Morgan fingerprint density at radius 2 is 2.20 bits per heavy atom. The van der Waals surface area contributed by atoms with Crippen molar-refractivity contribution in [2.45, 2.75) is 19.8 Å². The average molecular weight is 264 g/mol. The number of H-pyrrole nitrogens is 1. The maximum atomic E-state index is 5.68. The number of hydrogen-bond donors (Lipinski definition) is 1. The molecule has 0 saturated heterocycles.